The molecule has 2 aromatic rings. The maximum absolute atomic E-state index is 12.5. The third-order valence-electron chi connectivity index (χ3n) is 6.58. The first-order chi connectivity index (χ1) is 15.2. The lowest BCUT2D eigenvalue weighted by Crippen LogP contribution is -2.50. The summed E-state index contributed by atoms with van der Waals surface area (Å²) in [7, 11) is 0. The second kappa shape index (κ2) is 10.6. The van der Waals surface area contributed by atoms with Crippen molar-refractivity contribution in [3.05, 3.63) is 42.5 Å². The molecule has 2 aromatic carbocycles. The molecule has 3 amide bonds. The van der Waals surface area contributed by atoms with Crippen LogP contribution in [0.4, 0.5) is 10.5 Å². The molecule has 1 heterocycles. The molecule has 0 spiro atoms. The van der Waals surface area contributed by atoms with Gasteiger partial charge in [-0.25, -0.2) is 4.79 Å². The highest BCUT2D eigenvalue weighted by molar-refractivity contribution is 6.02. The zero-order chi connectivity index (χ0) is 21.5. The average Bonchev–Trinajstić information content (AvgIpc) is 2.79. The van der Waals surface area contributed by atoms with Crippen LogP contribution in [0.1, 0.15) is 51.4 Å². The van der Waals surface area contributed by atoms with Gasteiger partial charge >= 0.3 is 6.03 Å². The third-order valence-corrected chi connectivity index (χ3v) is 6.58. The standard InChI is InChI=1S/C25H34N4O2/c30-24(28-23-12-6-8-19-7-4-5-11-22(19)23)15-18-29-16-13-21(14-17-29)27-25(31)26-20-9-2-1-3-10-20/h4-8,11-12,20-21H,1-3,9-10,13-18H2,(H,28,30)(H2,26,27,31). The molecule has 1 aliphatic heterocycles. The minimum absolute atomic E-state index is 0.0141. The molecular formula is C25H34N4O2. The molecule has 31 heavy (non-hydrogen) atoms. The fraction of sp³-hybridized carbons (Fsp3) is 0.520. The molecule has 2 aliphatic rings. The van der Waals surface area contributed by atoms with Crippen molar-refractivity contribution in [3.8, 4) is 0 Å². The van der Waals surface area contributed by atoms with Gasteiger partial charge in [-0.2, -0.15) is 0 Å². The molecule has 0 aromatic heterocycles. The van der Waals surface area contributed by atoms with Crippen molar-refractivity contribution in [1.82, 2.24) is 15.5 Å². The van der Waals surface area contributed by atoms with E-state index in [0.717, 1.165) is 61.8 Å². The molecule has 4 rings (SSSR count). The van der Waals surface area contributed by atoms with Gasteiger partial charge in [0.1, 0.15) is 0 Å². The fourth-order valence-corrected chi connectivity index (χ4v) is 4.77. The van der Waals surface area contributed by atoms with Gasteiger partial charge in [-0.05, 0) is 37.1 Å². The predicted molar refractivity (Wildman–Crippen MR) is 125 cm³/mol. The number of amides is 3. The topological polar surface area (TPSA) is 73.5 Å². The molecule has 2 fully saturated rings. The van der Waals surface area contributed by atoms with Crippen LogP contribution in [0.15, 0.2) is 42.5 Å². The Morgan fingerprint density at radius 3 is 2.29 bits per heavy atom. The number of fused-ring (bicyclic) bond motifs is 1. The van der Waals surface area contributed by atoms with Gasteiger partial charge in [0.25, 0.3) is 0 Å². The molecule has 166 valence electrons. The highest BCUT2D eigenvalue weighted by Gasteiger charge is 2.22. The Morgan fingerprint density at radius 2 is 1.52 bits per heavy atom. The summed E-state index contributed by atoms with van der Waals surface area (Å²) in [4.78, 5) is 27.1. The minimum Gasteiger partial charge on any atom is -0.335 e. The van der Waals surface area contributed by atoms with Crippen molar-refractivity contribution in [2.24, 2.45) is 0 Å². The molecule has 0 radical (unpaired) electrons. The number of anilines is 1. The van der Waals surface area contributed by atoms with Crippen molar-refractivity contribution < 1.29 is 9.59 Å². The highest BCUT2D eigenvalue weighted by Crippen LogP contribution is 2.23. The van der Waals surface area contributed by atoms with E-state index in [-0.39, 0.29) is 18.0 Å². The van der Waals surface area contributed by atoms with Crippen molar-refractivity contribution in [3.63, 3.8) is 0 Å². The Balaban J connectivity index is 1.16. The van der Waals surface area contributed by atoms with Gasteiger partial charge in [0, 0.05) is 49.2 Å². The highest BCUT2D eigenvalue weighted by atomic mass is 16.2. The van der Waals surface area contributed by atoms with E-state index in [1.165, 1.54) is 19.3 Å². The molecular weight excluding hydrogens is 388 g/mol. The van der Waals surface area contributed by atoms with E-state index < -0.39 is 0 Å². The molecule has 0 atom stereocenters. The van der Waals surface area contributed by atoms with Gasteiger partial charge in [-0.1, -0.05) is 55.7 Å². The SMILES string of the molecule is O=C(CCN1CCC(NC(=O)NC2CCCCC2)CC1)Nc1cccc2ccccc12. The Hall–Kier alpha value is -2.60. The first-order valence-electron chi connectivity index (χ1n) is 11.7. The zero-order valence-corrected chi connectivity index (χ0v) is 18.2. The van der Waals surface area contributed by atoms with Crippen LogP contribution in [0.2, 0.25) is 0 Å². The van der Waals surface area contributed by atoms with Gasteiger partial charge < -0.3 is 20.9 Å². The van der Waals surface area contributed by atoms with Crippen molar-refractivity contribution in [2.45, 2.75) is 63.5 Å². The fourth-order valence-electron chi connectivity index (χ4n) is 4.77. The van der Waals surface area contributed by atoms with E-state index in [4.69, 9.17) is 0 Å². The molecule has 0 bridgehead atoms. The van der Waals surface area contributed by atoms with Crippen LogP contribution in [-0.4, -0.2) is 48.6 Å². The van der Waals surface area contributed by atoms with Crippen molar-refractivity contribution >= 4 is 28.4 Å². The molecule has 1 saturated heterocycles. The van der Waals surface area contributed by atoms with Crippen LogP contribution in [0.3, 0.4) is 0 Å². The molecule has 6 nitrogen and oxygen atoms in total. The Bertz CT molecular complexity index is 881. The predicted octanol–water partition coefficient (Wildman–Crippen LogP) is 4.26. The first-order valence-corrected chi connectivity index (χ1v) is 11.7. The number of hydrogen-bond donors (Lipinski definition) is 3. The van der Waals surface area contributed by atoms with Crippen LogP contribution in [0, 0.1) is 0 Å². The van der Waals surface area contributed by atoms with Crippen LogP contribution in [0.5, 0.6) is 0 Å². The minimum atomic E-state index is -0.0141. The second-order valence-electron chi connectivity index (χ2n) is 8.89. The summed E-state index contributed by atoms with van der Waals surface area (Å²) in [6.07, 6.45) is 8.28. The molecule has 6 heteroatoms. The van der Waals surface area contributed by atoms with E-state index in [1.54, 1.807) is 0 Å². The van der Waals surface area contributed by atoms with Crippen molar-refractivity contribution in [1.29, 1.82) is 0 Å². The zero-order valence-electron chi connectivity index (χ0n) is 18.2. The van der Waals surface area contributed by atoms with E-state index in [1.807, 2.05) is 30.3 Å². The van der Waals surface area contributed by atoms with Crippen LogP contribution in [-0.2, 0) is 4.79 Å². The van der Waals surface area contributed by atoms with E-state index in [0.29, 0.717) is 12.5 Å². The van der Waals surface area contributed by atoms with Gasteiger partial charge in [0.05, 0.1) is 0 Å². The number of carbonyl (C=O) groups excluding carboxylic acids is 2. The largest absolute Gasteiger partial charge is 0.335 e. The summed E-state index contributed by atoms with van der Waals surface area (Å²) < 4.78 is 0. The summed E-state index contributed by atoms with van der Waals surface area (Å²) in [5.41, 5.74) is 0.870. The molecule has 1 saturated carbocycles. The van der Waals surface area contributed by atoms with E-state index >= 15 is 0 Å². The molecule has 3 N–H and O–H groups in total. The van der Waals surface area contributed by atoms with Crippen molar-refractivity contribution in [2.75, 3.05) is 25.0 Å². The van der Waals surface area contributed by atoms with Gasteiger partial charge in [-0.3, -0.25) is 4.79 Å². The summed E-state index contributed by atoms with van der Waals surface area (Å²) in [5.74, 6) is 0.0449. The lowest BCUT2D eigenvalue weighted by molar-refractivity contribution is -0.116. The number of nitrogens with zero attached hydrogens (tertiary/aromatic N) is 1. The Morgan fingerprint density at radius 1 is 0.839 bits per heavy atom. The lowest BCUT2D eigenvalue weighted by atomic mass is 9.96. The normalized spacial score (nSPS) is 18.6. The summed E-state index contributed by atoms with van der Waals surface area (Å²) in [5, 5.41) is 11.5. The smallest absolute Gasteiger partial charge is 0.315 e. The lowest BCUT2D eigenvalue weighted by Gasteiger charge is -2.32. The second-order valence-corrected chi connectivity index (χ2v) is 8.89. The number of piperidine rings is 1. The quantitative estimate of drug-likeness (QED) is 0.651. The number of nitrogens with one attached hydrogen (secondary N) is 3. The first kappa shape index (κ1) is 21.6. The number of hydrogen-bond acceptors (Lipinski definition) is 3. The number of rotatable bonds is 6. The van der Waals surface area contributed by atoms with Crippen LogP contribution in [0.25, 0.3) is 10.8 Å². The molecule has 1 aliphatic carbocycles. The Labute approximate surface area is 184 Å². The van der Waals surface area contributed by atoms with Crippen LogP contribution >= 0.6 is 0 Å². The average molecular weight is 423 g/mol. The van der Waals surface area contributed by atoms with Crippen LogP contribution < -0.4 is 16.0 Å². The molecule has 0 unspecified atom stereocenters. The van der Waals surface area contributed by atoms with E-state index in [9.17, 15) is 9.59 Å². The summed E-state index contributed by atoms with van der Waals surface area (Å²) in [6.45, 7) is 2.57. The third kappa shape index (κ3) is 6.20. The number of urea groups is 1. The number of carbonyl (C=O) groups is 2. The number of benzene rings is 2. The summed E-state index contributed by atoms with van der Waals surface area (Å²) >= 11 is 0. The van der Waals surface area contributed by atoms with E-state index in [2.05, 4.69) is 33.0 Å². The Kier molecular flexibility index (Phi) is 7.41. The monoisotopic (exact) mass is 422 g/mol. The van der Waals surface area contributed by atoms with Gasteiger partial charge in [-0.15, -0.1) is 0 Å². The maximum atomic E-state index is 12.5. The van der Waals surface area contributed by atoms with Gasteiger partial charge in [0.2, 0.25) is 5.91 Å². The summed E-state index contributed by atoms with van der Waals surface area (Å²) in [6, 6.07) is 14.6. The maximum Gasteiger partial charge on any atom is 0.315 e. The van der Waals surface area contributed by atoms with Gasteiger partial charge in [0.15, 0.2) is 0 Å². The number of likely N-dealkylation sites (tertiary alicyclic amines) is 1.